The van der Waals surface area contributed by atoms with Gasteiger partial charge in [0.25, 0.3) is 0 Å². The Bertz CT molecular complexity index is 2390. The second-order valence-corrected chi connectivity index (χ2v) is 13.7. The Morgan fingerprint density at radius 3 is 1.94 bits per heavy atom. The van der Waals surface area contributed by atoms with Gasteiger partial charge in [0.1, 0.15) is 17.3 Å². The number of hydrogen-bond donors (Lipinski definition) is 5. The molecule has 11 heteroatoms. The standard InChI is InChI=1S/C37H36N2O9/c1-15-10-17-23-28-24(33(44)32(17)39-37(14-41)8-9-37)18(38-36(13-40)6-7-36)11-20(46-3)26(28)27-21(47-4)12-19(43)25-30(27)29(23)31(22(15)16(2)42)35(48-5)34(25)45/h10-12,22,38-41,45H,6-9,13-14H2,1-5H3. The molecule has 5 aromatic rings. The zero-order valence-electron chi connectivity index (χ0n) is 27.3. The van der Waals surface area contributed by atoms with Gasteiger partial charge in [0.2, 0.25) is 5.43 Å². The van der Waals surface area contributed by atoms with Crippen LogP contribution in [-0.2, 0) is 4.79 Å². The van der Waals surface area contributed by atoms with Crippen LogP contribution in [0.15, 0.2) is 27.3 Å². The van der Waals surface area contributed by atoms with Gasteiger partial charge in [-0.3, -0.25) is 14.4 Å². The van der Waals surface area contributed by atoms with E-state index in [0.29, 0.717) is 91.5 Å². The van der Waals surface area contributed by atoms with Crippen molar-refractivity contribution in [3.05, 3.63) is 49.3 Å². The topological polar surface area (TPSA) is 164 Å². The van der Waals surface area contributed by atoms with E-state index in [0.717, 1.165) is 0 Å². The number of benzene rings is 5. The number of methoxy groups -OCH3 is 3. The van der Waals surface area contributed by atoms with E-state index in [1.54, 1.807) is 13.0 Å². The number of Topliss-reactive ketones (excluding diaryl/α,β-unsaturated/α-hetero) is 1. The molecule has 5 N–H and O–H groups in total. The lowest BCUT2D eigenvalue weighted by Gasteiger charge is -2.27. The van der Waals surface area contributed by atoms with E-state index >= 15 is 4.79 Å². The van der Waals surface area contributed by atoms with Crippen molar-refractivity contribution in [1.82, 2.24) is 0 Å². The molecule has 0 radical (unpaired) electrons. The molecule has 0 amide bonds. The van der Waals surface area contributed by atoms with Crippen LogP contribution in [0, 0.1) is 0 Å². The fourth-order valence-electron chi connectivity index (χ4n) is 8.01. The highest BCUT2D eigenvalue weighted by Crippen LogP contribution is 2.58. The predicted molar refractivity (Wildman–Crippen MR) is 185 cm³/mol. The quantitative estimate of drug-likeness (QED) is 0.106. The number of aliphatic hydroxyl groups excluding tert-OH is 2. The van der Waals surface area contributed by atoms with Gasteiger partial charge in [-0.15, -0.1) is 0 Å². The van der Waals surface area contributed by atoms with E-state index in [-0.39, 0.29) is 47.0 Å². The second-order valence-electron chi connectivity index (χ2n) is 13.7. The minimum atomic E-state index is -0.897. The van der Waals surface area contributed by atoms with E-state index in [2.05, 4.69) is 10.6 Å². The second kappa shape index (κ2) is 10.1. The van der Waals surface area contributed by atoms with Crippen LogP contribution in [0.5, 0.6) is 23.0 Å². The van der Waals surface area contributed by atoms with Crippen molar-refractivity contribution in [2.45, 2.75) is 56.5 Å². The number of aliphatic hydroxyl groups is 2. The van der Waals surface area contributed by atoms with Crippen LogP contribution in [0.3, 0.4) is 0 Å². The summed E-state index contributed by atoms with van der Waals surface area (Å²) in [6.45, 7) is 2.93. The molecule has 8 rings (SSSR count). The summed E-state index contributed by atoms with van der Waals surface area (Å²) in [4.78, 5) is 42.5. The first-order chi connectivity index (χ1) is 23.0. The lowest BCUT2D eigenvalue weighted by atomic mass is 9.80. The fraction of sp³-hybridized carbons (Fsp3) is 0.378. The molecule has 0 aromatic heterocycles. The van der Waals surface area contributed by atoms with Crippen molar-refractivity contribution < 1.29 is 34.3 Å². The molecule has 1 atom stereocenters. The average molecular weight is 653 g/mol. The molecule has 0 bridgehead atoms. The van der Waals surface area contributed by atoms with Gasteiger partial charge >= 0.3 is 0 Å². The van der Waals surface area contributed by atoms with Crippen LogP contribution < -0.4 is 35.7 Å². The number of rotatable bonds is 10. The molecular weight excluding hydrogens is 616 g/mol. The molecule has 2 saturated carbocycles. The van der Waals surface area contributed by atoms with Gasteiger partial charge in [0, 0.05) is 50.2 Å². The molecule has 3 aliphatic carbocycles. The number of carbonyl (C=O) groups is 1. The number of allylic oxidation sites excluding steroid dienone is 1. The third kappa shape index (κ3) is 3.85. The molecule has 248 valence electrons. The number of phenols is 1. The van der Waals surface area contributed by atoms with Gasteiger partial charge in [-0.05, 0) is 44.9 Å². The largest absolute Gasteiger partial charge is 0.504 e. The minimum Gasteiger partial charge on any atom is -0.504 e. The van der Waals surface area contributed by atoms with Gasteiger partial charge in [-0.2, -0.15) is 0 Å². The van der Waals surface area contributed by atoms with E-state index in [4.69, 9.17) is 14.2 Å². The SMILES string of the molecule is COc1c(O)c2c(=O)cc(OC)c3c4c(OC)cc(NC5(CO)CC5)c5c(=O)c(NC6(CO)CC6)c6c(c(c1C(C(C)=O)C(C)=C6)c23)c54. The molecule has 1 unspecified atom stereocenters. The first kappa shape index (κ1) is 30.5. The summed E-state index contributed by atoms with van der Waals surface area (Å²) >= 11 is 0. The zero-order valence-corrected chi connectivity index (χ0v) is 27.3. The van der Waals surface area contributed by atoms with Crippen molar-refractivity contribution in [1.29, 1.82) is 0 Å². The molecule has 5 aromatic carbocycles. The average Bonchev–Trinajstić information content (AvgIpc) is 4.00. The number of anilines is 2. The summed E-state index contributed by atoms with van der Waals surface area (Å²) in [6, 6.07) is 3.03. The smallest absolute Gasteiger partial charge is 0.212 e. The maximum Gasteiger partial charge on any atom is 0.212 e. The summed E-state index contributed by atoms with van der Waals surface area (Å²) in [6.07, 6.45) is 4.54. The Morgan fingerprint density at radius 1 is 0.812 bits per heavy atom. The number of phenolic OH excluding ortho intramolecular Hbond substituents is 1. The molecule has 0 aliphatic heterocycles. The molecule has 0 heterocycles. The summed E-state index contributed by atoms with van der Waals surface area (Å²) in [5, 5.41) is 42.5. The third-order valence-electron chi connectivity index (χ3n) is 10.8. The Hall–Kier alpha value is -4.87. The van der Waals surface area contributed by atoms with Crippen LogP contribution in [0.25, 0.3) is 49.2 Å². The summed E-state index contributed by atoms with van der Waals surface area (Å²) in [7, 11) is 4.34. The molecule has 3 aliphatic rings. The maximum absolute atomic E-state index is 15.1. The van der Waals surface area contributed by atoms with Gasteiger partial charge < -0.3 is 40.2 Å². The first-order valence-electron chi connectivity index (χ1n) is 16.0. The van der Waals surface area contributed by atoms with Crippen molar-refractivity contribution in [2.24, 2.45) is 0 Å². The van der Waals surface area contributed by atoms with Gasteiger partial charge in [0.05, 0.1) is 73.7 Å². The number of hydrogen-bond acceptors (Lipinski definition) is 11. The number of aromatic hydroxyl groups is 1. The molecule has 48 heavy (non-hydrogen) atoms. The maximum atomic E-state index is 15.1. The van der Waals surface area contributed by atoms with Gasteiger partial charge in [0.15, 0.2) is 16.9 Å². The number of carbonyl (C=O) groups excluding carboxylic acids is 1. The van der Waals surface area contributed by atoms with Crippen LogP contribution in [-0.4, -0.2) is 66.7 Å². The highest BCUT2D eigenvalue weighted by molar-refractivity contribution is 6.40. The lowest BCUT2D eigenvalue weighted by Crippen LogP contribution is -2.30. The summed E-state index contributed by atoms with van der Waals surface area (Å²) in [5.41, 5.74) is 0.0361. The van der Waals surface area contributed by atoms with Crippen LogP contribution in [0.1, 0.15) is 56.6 Å². The van der Waals surface area contributed by atoms with Crippen LogP contribution >= 0.6 is 0 Å². The summed E-state index contributed by atoms with van der Waals surface area (Å²) < 4.78 is 17.7. The van der Waals surface area contributed by atoms with E-state index < -0.39 is 28.2 Å². The molecule has 11 nitrogen and oxygen atoms in total. The van der Waals surface area contributed by atoms with E-state index in [9.17, 15) is 24.9 Å². The van der Waals surface area contributed by atoms with Crippen molar-refractivity contribution >= 4 is 66.3 Å². The monoisotopic (exact) mass is 652 g/mol. The van der Waals surface area contributed by atoms with E-state index in [1.807, 2.05) is 6.08 Å². The zero-order chi connectivity index (χ0) is 34.0. The first-order valence-corrected chi connectivity index (χ1v) is 16.0. The molecule has 2 fully saturated rings. The highest BCUT2D eigenvalue weighted by Gasteiger charge is 2.46. The normalized spacial score (nSPS) is 18.7. The number of nitrogens with one attached hydrogen (secondary N) is 2. The number of ketones is 1. The van der Waals surface area contributed by atoms with Crippen LogP contribution in [0.4, 0.5) is 11.4 Å². The van der Waals surface area contributed by atoms with Gasteiger partial charge in [-0.1, -0.05) is 11.6 Å². The Kier molecular flexibility index (Phi) is 6.39. The molecular formula is C37H36N2O9. The summed E-state index contributed by atoms with van der Waals surface area (Å²) in [5.74, 6) is -0.932. The van der Waals surface area contributed by atoms with Crippen molar-refractivity contribution in [2.75, 3.05) is 45.2 Å². The highest BCUT2D eigenvalue weighted by atomic mass is 16.5. The van der Waals surface area contributed by atoms with Gasteiger partial charge in [-0.25, -0.2) is 0 Å². The Balaban J connectivity index is 1.75. The predicted octanol–water partition coefficient (Wildman–Crippen LogP) is 4.59. The van der Waals surface area contributed by atoms with E-state index in [1.165, 1.54) is 34.3 Å². The van der Waals surface area contributed by atoms with Crippen molar-refractivity contribution in [3.63, 3.8) is 0 Å². The molecule has 0 spiro atoms. The lowest BCUT2D eigenvalue weighted by molar-refractivity contribution is -0.117. The van der Waals surface area contributed by atoms with Crippen molar-refractivity contribution in [3.8, 4) is 23.0 Å². The third-order valence-corrected chi connectivity index (χ3v) is 10.8. The Labute approximate surface area is 274 Å². The Morgan fingerprint density at radius 2 is 1.40 bits per heavy atom. The van der Waals surface area contributed by atoms with Crippen LogP contribution in [0.2, 0.25) is 0 Å². The molecule has 0 saturated heterocycles. The number of fused-ring (bicyclic) bond motifs is 1. The minimum absolute atomic E-state index is 0.00342. The number of ether oxygens (including phenoxy) is 3. The fourth-order valence-corrected chi connectivity index (χ4v) is 8.01.